The van der Waals surface area contributed by atoms with Gasteiger partial charge in [0.2, 0.25) is 5.91 Å². The molecular weight excluding hydrogens is 404 g/mol. The maximum Gasteiger partial charge on any atom is 0.254 e. The number of amides is 2. The second-order valence-corrected chi connectivity index (χ2v) is 8.87. The lowest BCUT2D eigenvalue weighted by Crippen LogP contribution is -2.42. The number of piperidine rings is 1. The van der Waals surface area contributed by atoms with Crippen LogP contribution in [0.2, 0.25) is 0 Å². The molecule has 0 bridgehead atoms. The van der Waals surface area contributed by atoms with E-state index in [1.807, 2.05) is 36.1 Å². The molecule has 2 heterocycles. The molecule has 1 aliphatic heterocycles. The quantitative estimate of drug-likeness (QED) is 0.748. The number of carbonyl (C=O) groups is 2. The lowest BCUT2D eigenvalue weighted by atomic mass is 9.95. The summed E-state index contributed by atoms with van der Waals surface area (Å²) in [5.41, 5.74) is 2.10. The molecule has 1 aliphatic carbocycles. The van der Waals surface area contributed by atoms with Gasteiger partial charge in [-0.05, 0) is 50.3 Å². The molecule has 7 heteroatoms. The zero-order valence-corrected chi connectivity index (χ0v) is 19.0. The summed E-state index contributed by atoms with van der Waals surface area (Å²) in [6.07, 6.45) is 7.93. The second-order valence-electron chi connectivity index (χ2n) is 8.87. The molecule has 0 unspecified atom stereocenters. The summed E-state index contributed by atoms with van der Waals surface area (Å²) < 4.78 is 5.23. The molecule has 1 N–H and O–H groups in total. The highest BCUT2D eigenvalue weighted by Gasteiger charge is 2.32. The Hall–Kier alpha value is -2.96. The van der Waals surface area contributed by atoms with Crippen molar-refractivity contribution in [2.75, 3.05) is 20.2 Å². The maximum atomic E-state index is 12.8. The summed E-state index contributed by atoms with van der Waals surface area (Å²) >= 11 is 0. The fraction of sp³-hybridized carbons (Fsp3) is 0.520. The number of rotatable bonds is 6. The van der Waals surface area contributed by atoms with Crippen molar-refractivity contribution in [2.45, 2.75) is 57.9 Å². The van der Waals surface area contributed by atoms with Crippen molar-refractivity contribution in [3.8, 4) is 5.75 Å². The van der Waals surface area contributed by atoms with Crippen LogP contribution in [0.3, 0.4) is 0 Å². The number of hydrogen-bond donors (Lipinski definition) is 1. The van der Waals surface area contributed by atoms with E-state index >= 15 is 0 Å². The van der Waals surface area contributed by atoms with Gasteiger partial charge in [0.25, 0.3) is 5.91 Å². The highest BCUT2D eigenvalue weighted by molar-refractivity contribution is 5.94. The normalized spacial score (nSPS) is 19.1. The van der Waals surface area contributed by atoms with Crippen LogP contribution in [0.25, 0.3) is 0 Å². The zero-order chi connectivity index (χ0) is 22.5. The highest BCUT2D eigenvalue weighted by Crippen LogP contribution is 2.30. The van der Waals surface area contributed by atoms with E-state index < -0.39 is 0 Å². The first-order chi connectivity index (χ1) is 15.5. The van der Waals surface area contributed by atoms with Crippen molar-refractivity contribution < 1.29 is 14.3 Å². The van der Waals surface area contributed by atoms with Crippen LogP contribution in [0.15, 0.2) is 30.5 Å². The van der Waals surface area contributed by atoms with Gasteiger partial charge in [-0.3, -0.25) is 9.59 Å². The molecule has 7 nitrogen and oxygen atoms in total. The fourth-order valence-electron chi connectivity index (χ4n) is 4.78. The monoisotopic (exact) mass is 436 g/mol. The van der Waals surface area contributed by atoms with E-state index in [0.717, 1.165) is 62.2 Å². The minimum atomic E-state index is -0.196. The summed E-state index contributed by atoms with van der Waals surface area (Å²) in [5, 5.41) is 2.93. The Morgan fingerprint density at radius 1 is 1.19 bits per heavy atom. The first-order valence-corrected chi connectivity index (χ1v) is 11.6. The Labute approximate surface area is 189 Å². The van der Waals surface area contributed by atoms with Crippen LogP contribution >= 0.6 is 0 Å². The molecule has 2 aliphatic rings. The summed E-state index contributed by atoms with van der Waals surface area (Å²) in [4.78, 5) is 36.7. The van der Waals surface area contributed by atoms with Gasteiger partial charge in [-0.2, -0.15) is 0 Å². The minimum absolute atomic E-state index is 0.127. The Bertz CT molecular complexity index is 971. The standard InChI is InChI=1S/C25H32N4O3/c1-17-22(24(30)27-14-18-7-5-11-21(13-18)32-2)15-26-23(28-17)20-10-6-12-29(16-20)25(31)19-8-3-4-9-19/h5,7,11,13,15,19-20H,3-4,6,8-10,12,14,16H2,1-2H3,(H,27,30)/t20-/m1/s1. The van der Waals surface area contributed by atoms with Crippen LogP contribution in [0.5, 0.6) is 5.75 Å². The Balaban J connectivity index is 1.38. The van der Waals surface area contributed by atoms with Gasteiger partial charge in [0.05, 0.1) is 18.4 Å². The van der Waals surface area contributed by atoms with Crippen molar-refractivity contribution in [3.63, 3.8) is 0 Å². The van der Waals surface area contributed by atoms with Gasteiger partial charge in [0.1, 0.15) is 11.6 Å². The van der Waals surface area contributed by atoms with Gasteiger partial charge in [0, 0.05) is 37.7 Å². The van der Waals surface area contributed by atoms with Crippen LogP contribution in [0.1, 0.15) is 71.9 Å². The number of methoxy groups -OCH3 is 1. The summed E-state index contributed by atoms with van der Waals surface area (Å²) in [7, 11) is 1.62. The minimum Gasteiger partial charge on any atom is -0.497 e. The van der Waals surface area contributed by atoms with Gasteiger partial charge in [-0.25, -0.2) is 9.97 Å². The number of hydrogen-bond acceptors (Lipinski definition) is 5. The smallest absolute Gasteiger partial charge is 0.254 e. The topological polar surface area (TPSA) is 84.4 Å². The largest absolute Gasteiger partial charge is 0.497 e. The van der Waals surface area contributed by atoms with E-state index in [1.165, 1.54) is 0 Å². The predicted octanol–water partition coefficient (Wildman–Crippen LogP) is 3.62. The fourth-order valence-corrected chi connectivity index (χ4v) is 4.78. The lowest BCUT2D eigenvalue weighted by Gasteiger charge is -2.33. The van der Waals surface area contributed by atoms with Crippen LogP contribution in [0, 0.1) is 12.8 Å². The summed E-state index contributed by atoms with van der Waals surface area (Å²) in [5.74, 6) is 1.93. The molecule has 4 rings (SSSR count). The summed E-state index contributed by atoms with van der Waals surface area (Å²) in [6, 6.07) is 7.61. The third-order valence-electron chi connectivity index (χ3n) is 6.63. The van der Waals surface area contributed by atoms with Gasteiger partial charge < -0.3 is 15.0 Å². The van der Waals surface area contributed by atoms with Crippen LogP contribution < -0.4 is 10.1 Å². The highest BCUT2D eigenvalue weighted by atomic mass is 16.5. The first-order valence-electron chi connectivity index (χ1n) is 11.6. The number of aromatic nitrogens is 2. The Kier molecular flexibility index (Phi) is 7.02. The van der Waals surface area contributed by atoms with Crippen molar-refractivity contribution in [3.05, 3.63) is 53.1 Å². The van der Waals surface area contributed by atoms with Crippen LogP contribution in [-0.4, -0.2) is 46.9 Å². The van der Waals surface area contributed by atoms with Gasteiger partial charge in [-0.1, -0.05) is 25.0 Å². The van der Waals surface area contributed by atoms with Crippen molar-refractivity contribution in [1.82, 2.24) is 20.2 Å². The van der Waals surface area contributed by atoms with Crippen LogP contribution in [0.4, 0.5) is 0 Å². The number of nitrogens with zero attached hydrogens (tertiary/aromatic N) is 3. The molecule has 2 fully saturated rings. The number of aryl methyl sites for hydroxylation is 1. The van der Waals surface area contributed by atoms with Gasteiger partial charge in [0.15, 0.2) is 0 Å². The number of ether oxygens (including phenoxy) is 1. The van der Waals surface area contributed by atoms with E-state index in [2.05, 4.69) is 15.3 Å². The maximum absolute atomic E-state index is 12.8. The molecule has 0 radical (unpaired) electrons. The first kappa shape index (κ1) is 22.2. The number of benzene rings is 1. The van der Waals surface area contributed by atoms with Crippen molar-refractivity contribution in [2.24, 2.45) is 5.92 Å². The predicted molar refractivity (Wildman–Crippen MR) is 121 cm³/mol. The SMILES string of the molecule is COc1cccc(CNC(=O)c2cnc([C@@H]3CCCN(C(=O)C4CCCC4)C3)nc2C)c1. The van der Waals surface area contributed by atoms with Crippen molar-refractivity contribution >= 4 is 11.8 Å². The number of likely N-dealkylation sites (tertiary alicyclic amines) is 1. The van der Waals surface area contributed by atoms with E-state index in [1.54, 1.807) is 13.3 Å². The molecule has 2 aromatic rings. The molecule has 1 aromatic carbocycles. The second kappa shape index (κ2) is 10.1. The Morgan fingerprint density at radius 3 is 2.75 bits per heavy atom. The molecule has 2 amide bonds. The van der Waals surface area contributed by atoms with E-state index in [9.17, 15) is 9.59 Å². The molecule has 32 heavy (non-hydrogen) atoms. The van der Waals surface area contributed by atoms with E-state index in [0.29, 0.717) is 30.3 Å². The van der Waals surface area contributed by atoms with Crippen LogP contribution in [-0.2, 0) is 11.3 Å². The van der Waals surface area contributed by atoms with E-state index in [4.69, 9.17) is 4.74 Å². The van der Waals surface area contributed by atoms with E-state index in [-0.39, 0.29) is 17.7 Å². The average molecular weight is 437 g/mol. The number of nitrogens with one attached hydrogen (secondary N) is 1. The van der Waals surface area contributed by atoms with Gasteiger partial charge >= 0.3 is 0 Å². The molecular formula is C25H32N4O3. The molecule has 170 valence electrons. The zero-order valence-electron chi connectivity index (χ0n) is 19.0. The molecule has 1 atom stereocenters. The molecule has 1 saturated heterocycles. The molecule has 0 spiro atoms. The molecule has 1 aromatic heterocycles. The Morgan fingerprint density at radius 2 is 2.00 bits per heavy atom. The lowest BCUT2D eigenvalue weighted by molar-refractivity contribution is -0.136. The average Bonchev–Trinajstić information content (AvgIpc) is 3.37. The number of carbonyl (C=O) groups excluding carboxylic acids is 2. The van der Waals surface area contributed by atoms with Crippen molar-refractivity contribution in [1.29, 1.82) is 0 Å². The van der Waals surface area contributed by atoms with Gasteiger partial charge in [-0.15, -0.1) is 0 Å². The third kappa shape index (κ3) is 5.09. The molecule has 1 saturated carbocycles. The summed E-state index contributed by atoms with van der Waals surface area (Å²) in [6.45, 7) is 3.75. The third-order valence-corrected chi connectivity index (χ3v) is 6.63.